The molecule has 98 valence electrons. The second-order valence-electron chi connectivity index (χ2n) is 4.14. The van der Waals surface area contributed by atoms with Gasteiger partial charge in [0.05, 0.1) is 5.75 Å². The van der Waals surface area contributed by atoms with E-state index in [4.69, 9.17) is 5.73 Å². The molecule has 5 heteroatoms. The van der Waals surface area contributed by atoms with Crippen LogP contribution in [0.1, 0.15) is 17.5 Å². The molecule has 4 nitrogen and oxygen atoms in total. The van der Waals surface area contributed by atoms with Crippen molar-refractivity contribution in [3.63, 3.8) is 0 Å². The summed E-state index contributed by atoms with van der Waals surface area (Å²) in [4.78, 5) is 22.2. The highest BCUT2D eigenvalue weighted by Crippen LogP contribution is 2.16. The van der Waals surface area contributed by atoms with Gasteiger partial charge in [-0.25, -0.2) is 0 Å². The molecular formula is C13H18N2O2S. The Labute approximate surface area is 111 Å². The topological polar surface area (TPSA) is 72.2 Å². The van der Waals surface area contributed by atoms with Crippen LogP contribution in [0.3, 0.4) is 0 Å². The van der Waals surface area contributed by atoms with Crippen LogP contribution in [0.15, 0.2) is 18.2 Å². The number of rotatable bonds is 6. The van der Waals surface area contributed by atoms with Crippen molar-refractivity contribution in [1.29, 1.82) is 0 Å². The third-order valence-corrected chi connectivity index (χ3v) is 3.36. The number of nitrogens with two attached hydrogens (primary N) is 1. The summed E-state index contributed by atoms with van der Waals surface area (Å²) in [7, 11) is 0. The number of benzene rings is 1. The van der Waals surface area contributed by atoms with Gasteiger partial charge in [0.2, 0.25) is 11.8 Å². The summed E-state index contributed by atoms with van der Waals surface area (Å²) in [5.41, 5.74) is 8.06. The number of carbonyl (C=O) groups excluding carboxylic acids is 2. The SMILES string of the molecule is Cc1ccc(NC(=O)CCSCC(N)=O)c(C)c1. The maximum absolute atomic E-state index is 11.7. The summed E-state index contributed by atoms with van der Waals surface area (Å²) in [5.74, 6) is 0.463. The lowest BCUT2D eigenvalue weighted by Crippen LogP contribution is -2.16. The second-order valence-corrected chi connectivity index (χ2v) is 5.24. The van der Waals surface area contributed by atoms with Crippen molar-refractivity contribution in [3.05, 3.63) is 29.3 Å². The van der Waals surface area contributed by atoms with Crippen LogP contribution in [0.5, 0.6) is 0 Å². The summed E-state index contributed by atoms with van der Waals surface area (Å²) in [6.07, 6.45) is 0.380. The molecule has 0 aliphatic carbocycles. The highest BCUT2D eigenvalue weighted by molar-refractivity contribution is 7.99. The molecule has 0 saturated heterocycles. The Balaban J connectivity index is 2.38. The van der Waals surface area contributed by atoms with Gasteiger partial charge in [-0.1, -0.05) is 17.7 Å². The van der Waals surface area contributed by atoms with E-state index in [1.54, 1.807) is 0 Å². The number of aryl methyl sites for hydroxylation is 2. The molecule has 0 radical (unpaired) electrons. The van der Waals surface area contributed by atoms with Gasteiger partial charge in [0.15, 0.2) is 0 Å². The van der Waals surface area contributed by atoms with Gasteiger partial charge in [-0.2, -0.15) is 11.8 Å². The van der Waals surface area contributed by atoms with Gasteiger partial charge in [0.1, 0.15) is 0 Å². The lowest BCUT2D eigenvalue weighted by Gasteiger charge is -2.08. The minimum Gasteiger partial charge on any atom is -0.369 e. The molecule has 0 fully saturated rings. The van der Waals surface area contributed by atoms with E-state index < -0.39 is 0 Å². The monoisotopic (exact) mass is 266 g/mol. The molecule has 3 N–H and O–H groups in total. The maximum atomic E-state index is 11.7. The highest BCUT2D eigenvalue weighted by Gasteiger charge is 2.05. The zero-order chi connectivity index (χ0) is 13.5. The van der Waals surface area contributed by atoms with E-state index in [9.17, 15) is 9.59 Å². The Hall–Kier alpha value is -1.49. The number of amides is 2. The van der Waals surface area contributed by atoms with Gasteiger partial charge >= 0.3 is 0 Å². The van der Waals surface area contributed by atoms with Gasteiger partial charge in [-0.3, -0.25) is 9.59 Å². The molecule has 2 amide bonds. The second kappa shape index (κ2) is 7.06. The smallest absolute Gasteiger partial charge is 0.227 e. The standard InChI is InChI=1S/C13H18N2O2S/c1-9-3-4-11(10(2)7-9)15-13(17)5-6-18-8-12(14)16/h3-4,7H,5-6,8H2,1-2H3,(H2,14,16)(H,15,17). The summed E-state index contributed by atoms with van der Waals surface area (Å²) >= 11 is 1.37. The number of nitrogens with one attached hydrogen (secondary N) is 1. The Morgan fingerprint density at radius 3 is 2.67 bits per heavy atom. The van der Waals surface area contributed by atoms with Crippen LogP contribution in [0.2, 0.25) is 0 Å². The average Bonchev–Trinajstić information content (AvgIpc) is 2.28. The van der Waals surface area contributed by atoms with Crippen LogP contribution in [-0.2, 0) is 9.59 Å². The first kappa shape index (κ1) is 14.6. The van der Waals surface area contributed by atoms with Crippen molar-refractivity contribution in [2.45, 2.75) is 20.3 Å². The first-order chi connectivity index (χ1) is 8.49. The fourth-order valence-electron chi connectivity index (χ4n) is 1.50. The Morgan fingerprint density at radius 2 is 2.06 bits per heavy atom. The van der Waals surface area contributed by atoms with Crippen molar-refractivity contribution < 1.29 is 9.59 Å². The molecular weight excluding hydrogens is 248 g/mol. The van der Waals surface area contributed by atoms with E-state index in [0.29, 0.717) is 12.2 Å². The number of hydrogen-bond donors (Lipinski definition) is 2. The molecule has 18 heavy (non-hydrogen) atoms. The van der Waals surface area contributed by atoms with Crippen LogP contribution in [0.4, 0.5) is 5.69 Å². The summed E-state index contributed by atoms with van der Waals surface area (Å²) in [6.45, 7) is 3.98. The lowest BCUT2D eigenvalue weighted by atomic mass is 10.1. The Kier molecular flexibility index (Phi) is 5.71. The van der Waals surface area contributed by atoms with Crippen LogP contribution in [-0.4, -0.2) is 23.3 Å². The molecule has 0 spiro atoms. The number of anilines is 1. The molecule has 0 aliphatic rings. The molecule has 1 rings (SSSR count). The van der Waals surface area contributed by atoms with Crippen LogP contribution < -0.4 is 11.1 Å². The lowest BCUT2D eigenvalue weighted by molar-refractivity contribution is -0.116. The molecule has 1 aromatic carbocycles. The number of thioether (sulfide) groups is 1. The summed E-state index contributed by atoms with van der Waals surface area (Å²) < 4.78 is 0. The molecule has 0 atom stereocenters. The first-order valence-electron chi connectivity index (χ1n) is 5.72. The van der Waals surface area contributed by atoms with Gasteiger partial charge in [0, 0.05) is 17.9 Å². The number of carbonyl (C=O) groups is 2. The molecule has 1 aromatic rings. The molecule has 0 bridgehead atoms. The van der Waals surface area contributed by atoms with Gasteiger partial charge in [-0.15, -0.1) is 0 Å². The van der Waals surface area contributed by atoms with Crippen molar-refractivity contribution in [1.82, 2.24) is 0 Å². The fourth-order valence-corrected chi connectivity index (χ4v) is 2.18. The van der Waals surface area contributed by atoms with Crippen LogP contribution in [0.25, 0.3) is 0 Å². The van der Waals surface area contributed by atoms with Crippen LogP contribution >= 0.6 is 11.8 Å². The van der Waals surface area contributed by atoms with Crippen LogP contribution in [0, 0.1) is 13.8 Å². The normalized spacial score (nSPS) is 10.1. The quantitative estimate of drug-likeness (QED) is 0.772. The third kappa shape index (κ3) is 5.23. The number of hydrogen-bond acceptors (Lipinski definition) is 3. The minimum absolute atomic E-state index is 0.0427. The van der Waals surface area contributed by atoms with E-state index in [2.05, 4.69) is 5.32 Å². The number of primary amides is 1. The minimum atomic E-state index is -0.352. The fraction of sp³-hybridized carbons (Fsp3) is 0.385. The predicted octanol–water partition coefficient (Wildman–Crippen LogP) is 1.85. The Bertz CT molecular complexity index is 447. The van der Waals surface area contributed by atoms with E-state index >= 15 is 0 Å². The summed E-state index contributed by atoms with van der Waals surface area (Å²) in [6, 6.07) is 5.89. The van der Waals surface area contributed by atoms with Crippen molar-refractivity contribution >= 4 is 29.3 Å². The third-order valence-electron chi connectivity index (χ3n) is 2.37. The molecule has 0 unspecified atom stereocenters. The predicted molar refractivity (Wildman–Crippen MR) is 75.7 cm³/mol. The Morgan fingerprint density at radius 1 is 1.33 bits per heavy atom. The van der Waals surface area contributed by atoms with Crippen molar-refractivity contribution in [2.24, 2.45) is 5.73 Å². The average molecular weight is 266 g/mol. The molecule has 0 saturated carbocycles. The first-order valence-corrected chi connectivity index (χ1v) is 6.87. The molecule has 0 aromatic heterocycles. The van der Waals surface area contributed by atoms with E-state index in [1.807, 2.05) is 32.0 Å². The molecule has 0 heterocycles. The zero-order valence-electron chi connectivity index (χ0n) is 10.7. The van der Waals surface area contributed by atoms with Gasteiger partial charge in [-0.05, 0) is 25.5 Å². The van der Waals surface area contributed by atoms with Gasteiger partial charge < -0.3 is 11.1 Å². The van der Waals surface area contributed by atoms with Crippen molar-refractivity contribution in [3.8, 4) is 0 Å². The largest absolute Gasteiger partial charge is 0.369 e. The maximum Gasteiger partial charge on any atom is 0.227 e. The van der Waals surface area contributed by atoms with E-state index in [0.717, 1.165) is 11.3 Å². The summed E-state index contributed by atoms with van der Waals surface area (Å²) in [5, 5.41) is 2.86. The van der Waals surface area contributed by atoms with E-state index in [1.165, 1.54) is 17.3 Å². The van der Waals surface area contributed by atoms with E-state index in [-0.39, 0.29) is 17.6 Å². The molecule has 0 aliphatic heterocycles. The van der Waals surface area contributed by atoms with Crippen molar-refractivity contribution in [2.75, 3.05) is 16.8 Å². The zero-order valence-corrected chi connectivity index (χ0v) is 11.5. The van der Waals surface area contributed by atoms with Gasteiger partial charge in [0.25, 0.3) is 0 Å². The highest BCUT2D eigenvalue weighted by atomic mass is 32.2.